The molecule has 0 bridgehead atoms. The van der Waals surface area contributed by atoms with Gasteiger partial charge in [0.1, 0.15) is 11.8 Å². The number of ether oxygens (including phenoxy) is 1. The fourth-order valence-corrected chi connectivity index (χ4v) is 1.55. The first kappa shape index (κ1) is 14.2. The van der Waals surface area contributed by atoms with Crippen LogP contribution in [0.3, 0.4) is 0 Å². The Bertz CT molecular complexity index is 678. The Morgan fingerprint density at radius 2 is 2.24 bits per heavy atom. The van der Waals surface area contributed by atoms with E-state index in [-0.39, 0.29) is 12.5 Å². The molecule has 0 saturated heterocycles. The molecule has 0 aliphatic heterocycles. The van der Waals surface area contributed by atoms with Gasteiger partial charge in [0.05, 0.1) is 11.8 Å². The van der Waals surface area contributed by atoms with E-state index < -0.39 is 0 Å². The highest BCUT2D eigenvalue weighted by atomic mass is 16.5. The van der Waals surface area contributed by atoms with Gasteiger partial charge in [0.15, 0.2) is 6.61 Å². The number of carbonyl (C=O) groups is 1. The van der Waals surface area contributed by atoms with E-state index in [4.69, 9.17) is 10.00 Å². The number of nitriles is 1. The highest BCUT2D eigenvalue weighted by Crippen LogP contribution is 2.15. The summed E-state index contributed by atoms with van der Waals surface area (Å²) in [4.78, 5) is 15.6. The molecule has 0 radical (unpaired) electrons. The van der Waals surface area contributed by atoms with E-state index in [0.717, 1.165) is 0 Å². The van der Waals surface area contributed by atoms with Crippen molar-refractivity contribution in [3.8, 4) is 11.8 Å². The van der Waals surface area contributed by atoms with Crippen LogP contribution in [0.2, 0.25) is 0 Å². The highest BCUT2D eigenvalue weighted by Gasteiger charge is 2.03. The second-order valence-corrected chi connectivity index (χ2v) is 3.93. The zero-order chi connectivity index (χ0) is 14.9. The van der Waals surface area contributed by atoms with Crippen LogP contribution < -0.4 is 10.2 Å². The van der Waals surface area contributed by atoms with Crippen molar-refractivity contribution >= 4 is 12.1 Å². The molecule has 21 heavy (non-hydrogen) atoms. The lowest BCUT2D eigenvalue weighted by molar-refractivity contribution is 0.0955. The smallest absolute Gasteiger partial charge is 0.272 e. The van der Waals surface area contributed by atoms with Gasteiger partial charge in [-0.05, 0) is 24.3 Å². The van der Waals surface area contributed by atoms with Crippen LogP contribution in [0.1, 0.15) is 15.9 Å². The Hall–Kier alpha value is -3.20. The van der Waals surface area contributed by atoms with Crippen LogP contribution in [-0.4, -0.2) is 23.7 Å². The molecule has 0 fully saturated rings. The van der Waals surface area contributed by atoms with E-state index >= 15 is 0 Å². The molecule has 104 valence electrons. The number of hydrogen-bond acceptors (Lipinski definition) is 5. The first-order valence-corrected chi connectivity index (χ1v) is 6.13. The van der Waals surface area contributed by atoms with E-state index in [2.05, 4.69) is 15.5 Å². The summed E-state index contributed by atoms with van der Waals surface area (Å²) in [5, 5.41) is 12.4. The lowest BCUT2D eigenvalue weighted by Crippen LogP contribution is -2.17. The number of rotatable bonds is 5. The van der Waals surface area contributed by atoms with Crippen molar-refractivity contribution in [2.24, 2.45) is 5.10 Å². The summed E-state index contributed by atoms with van der Waals surface area (Å²) in [6.07, 6.45) is 4.50. The average molecular weight is 280 g/mol. The normalized spacial score (nSPS) is 10.0. The molecule has 0 aliphatic carbocycles. The fourth-order valence-electron chi connectivity index (χ4n) is 1.55. The number of aromatic nitrogens is 1. The number of benzene rings is 1. The van der Waals surface area contributed by atoms with Crippen molar-refractivity contribution in [2.45, 2.75) is 0 Å². The summed E-state index contributed by atoms with van der Waals surface area (Å²) in [5.41, 5.74) is 3.49. The SMILES string of the molecule is N#CCOc1ccccc1/C=N\NC(=O)c1cccnc1. The zero-order valence-electron chi connectivity index (χ0n) is 11.1. The first-order valence-electron chi connectivity index (χ1n) is 6.13. The van der Waals surface area contributed by atoms with Gasteiger partial charge < -0.3 is 4.74 Å². The largest absolute Gasteiger partial charge is 0.478 e. The minimum atomic E-state index is -0.352. The number of hydrazone groups is 1. The molecule has 2 rings (SSSR count). The monoisotopic (exact) mass is 280 g/mol. The van der Waals surface area contributed by atoms with Gasteiger partial charge in [-0.3, -0.25) is 9.78 Å². The van der Waals surface area contributed by atoms with E-state index in [1.807, 2.05) is 12.1 Å². The third-order valence-corrected chi connectivity index (χ3v) is 2.50. The predicted octanol–water partition coefficient (Wildman–Crippen LogP) is 1.75. The van der Waals surface area contributed by atoms with E-state index in [1.54, 1.807) is 36.5 Å². The number of pyridine rings is 1. The Kier molecular flexibility index (Phi) is 5.01. The Morgan fingerprint density at radius 1 is 1.38 bits per heavy atom. The van der Waals surface area contributed by atoms with Crippen molar-refractivity contribution in [2.75, 3.05) is 6.61 Å². The maximum atomic E-state index is 11.8. The fraction of sp³-hybridized carbons (Fsp3) is 0.0667. The lowest BCUT2D eigenvalue weighted by Gasteiger charge is -2.04. The third kappa shape index (κ3) is 4.14. The van der Waals surface area contributed by atoms with Gasteiger partial charge in [-0.2, -0.15) is 10.4 Å². The van der Waals surface area contributed by atoms with Gasteiger partial charge >= 0.3 is 0 Å². The van der Waals surface area contributed by atoms with Crippen LogP contribution in [0.5, 0.6) is 5.75 Å². The quantitative estimate of drug-likeness (QED) is 0.667. The molecule has 0 saturated carbocycles. The number of carbonyl (C=O) groups excluding carboxylic acids is 1. The Labute approximate surface area is 121 Å². The molecule has 1 N–H and O–H groups in total. The van der Waals surface area contributed by atoms with Crippen molar-refractivity contribution in [1.29, 1.82) is 5.26 Å². The van der Waals surface area contributed by atoms with E-state index in [1.165, 1.54) is 12.4 Å². The van der Waals surface area contributed by atoms with Gasteiger partial charge in [-0.25, -0.2) is 5.43 Å². The van der Waals surface area contributed by atoms with Crippen molar-refractivity contribution in [1.82, 2.24) is 10.4 Å². The molecule has 0 spiro atoms. The maximum Gasteiger partial charge on any atom is 0.272 e. The van der Waals surface area contributed by atoms with Crippen LogP contribution in [0.4, 0.5) is 0 Å². The average Bonchev–Trinajstić information content (AvgIpc) is 2.54. The van der Waals surface area contributed by atoms with Crippen LogP contribution in [0, 0.1) is 11.3 Å². The minimum absolute atomic E-state index is 0.0487. The molecular formula is C15H12N4O2. The van der Waals surface area contributed by atoms with E-state index in [9.17, 15) is 4.79 Å². The van der Waals surface area contributed by atoms with Gasteiger partial charge in [0.25, 0.3) is 5.91 Å². The molecule has 0 unspecified atom stereocenters. The third-order valence-electron chi connectivity index (χ3n) is 2.50. The molecule has 1 amide bonds. The summed E-state index contributed by atoms with van der Waals surface area (Å²) < 4.78 is 5.25. The van der Waals surface area contributed by atoms with Crippen molar-refractivity contribution < 1.29 is 9.53 Å². The maximum absolute atomic E-state index is 11.8. The number of amides is 1. The Morgan fingerprint density at radius 3 is 3.00 bits per heavy atom. The molecule has 0 aliphatic rings. The van der Waals surface area contributed by atoms with Crippen LogP contribution in [-0.2, 0) is 0 Å². The van der Waals surface area contributed by atoms with Gasteiger partial charge in [-0.1, -0.05) is 12.1 Å². The summed E-state index contributed by atoms with van der Waals surface area (Å²) in [7, 11) is 0. The molecule has 1 aromatic heterocycles. The van der Waals surface area contributed by atoms with Gasteiger partial charge in [0.2, 0.25) is 0 Å². The summed E-state index contributed by atoms with van der Waals surface area (Å²) in [5.74, 6) is 0.174. The molecule has 1 aromatic carbocycles. The molecule has 6 nitrogen and oxygen atoms in total. The molecule has 0 atom stereocenters. The van der Waals surface area contributed by atoms with Gasteiger partial charge in [-0.15, -0.1) is 0 Å². The predicted molar refractivity (Wildman–Crippen MR) is 76.8 cm³/mol. The van der Waals surface area contributed by atoms with Gasteiger partial charge in [0, 0.05) is 18.0 Å². The zero-order valence-corrected chi connectivity index (χ0v) is 11.1. The number of para-hydroxylation sites is 1. The second-order valence-electron chi connectivity index (χ2n) is 3.93. The van der Waals surface area contributed by atoms with Crippen LogP contribution in [0.25, 0.3) is 0 Å². The minimum Gasteiger partial charge on any atom is -0.478 e. The number of nitrogens with one attached hydrogen (secondary N) is 1. The summed E-state index contributed by atoms with van der Waals surface area (Å²) in [6, 6.07) is 12.3. The lowest BCUT2D eigenvalue weighted by atomic mass is 10.2. The molecular weight excluding hydrogens is 268 g/mol. The topological polar surface area (TPSA) is 87.4 Å². The van der Waals surface area contributed by atoms with Crippen molar-refractivity contribution in [3.05, 3.63) is 59.9 Å². The van der Waals surface area contributed by atoms with Crippen molar-refractivity contribution in [3.63, 3.8) is 0 Å². The molecule has 2 aromatic rings. The summed E-state index contributed by atoms with van der Waals surface area (Å²) >= 11 is 0. The molecule has 6 heteroatoms. The standard InChI is InChI=1S/C15H12N4O2/c16-7-9-21-14-6-2-1-4-12(14)11-18-19-15(20)13-5-3-8-17-10-13/h1-6,8,10-11H,9H2,(H,19,20)/b18-11-. The highest BCUT2D eigenvalue weighted by molar-refractivity contribution is 5.94. The van der Waals surface area contributed by atoms with E-state index in [0.29, 0.717) is 16.9 Å². The second kappa shape index (κ2) is 7.40. The number of nitrogens with zero attached hydrogens (tertiary/aromatic N) is 3. The van der Waals surface area contributed by atoms with Crippen LogP contribution >= 0.6 is 0 Å². The number of hydrogen-bond donors (Lipinski definition) is 1. The first-order chi connectivity index (χ1) is 10.3. The Balaban J connectivity index is 2.02. The molecule has 1 heterocycles. The summed E-state index contributed by atoms with van der Waals surface area (Å²) in [6.45, 7) is -0.0487. The van der Waals surface area contributed by atoms with Crippen LogP contribution in [0.15, 0.2) is 53.9 Å².